The molecule has 0 bridgehead atoms. The van der Waals surface area contributed by atoms with E-state index in [0.29, 0.717) is 5.56 Å². The number of primary amides is 5. The highest BCUT2D eigenvalue weighted by Gasteiger charge is 2.35. The second kappa shape index (κ2) is 24.3. The molecule has 0 radical (unpaired) electrons. The fourth-order valence-electron chi connectivity index (χ4n) is 5.02. The molecule has 0 saturated heterocycles. The van der Waals surface area contributed by atoms with Crippen molar-refractivity contribution in [2.45, 2.75) is 87.6 Å². The molecule has 0 aromatic heterocycles. The van der Waals surface area contributed by atoms with E-state index in [-0.39, 0.29) is 12.2 Å². The van der Waals surface area contributed by atoms with Gasteiger partial charge in [0.15, 0.2) is 0 Å². The summed E-state index contributed by atoms with van der Waals surface area (Å²) in [5, 5.41) is 32.1. The van der Waals surface area contributed by atoms with Crippen LogP contribution < -0.4 is 66.3 Å². The van der Waals surface area contributed by atoms with Crippen molar-refractivity contribution in [3.63, 3.8) is 0 Å². The van der Waals surface area contributed by atoms with E-state index in [1.165, 1.54) is 24.3 Å². The van der Waals surface area contributed by atoms with Crippen LogP contribution >= 0.6 is 0 Å². The molecule has 6 atom stereocenters. The van der Waals surface area contributed by atoms with Crippen LogP contribution in [0.4, 0.5) is 0 Å². The summed E-state index contributed by atoms with van der Waals surface area (Å²) in [6.45, 7) is -0.616. The normalized spacial score (nSPS) is 13.6. The maximum absolute atomic E-state index is 13.6. The van der Waals surface area contributed by atoms with Crippen molar-refractivity contribution < 1.29 is 67.7 Å². The molecule has 1 rings (SSSR count). The summed E-state index contributed by atoms with van der Waals surface area (Å²) in [4.78, 5) is 149. The van der Waals surface area contributed by atoms with Gasteiger partial charge in [-0.25, -0.2) is 4.79 Å². The number of rotatable bonds is 27. The van der Waals surface area contributed by atoms with Crippen molar-refractivity contribution in [3.8, 4) is 5.75 Å². The second-order valence-corrected chi connectivity index (χ2v) is 12.9. The highest BCUT2D eigenvalue weighted by atomic mass is 16.4. The van der Waals surface area contributed by atoms with Gasteiger partial charge in [0.2, 0.25) is 65.0 Å². The van der Waals surface area contributed by atoms with Gasteiger partial charge in [0, 0.05) is 19.3 Å². The molecule has 0 spiro atoms. The minimum atomic E-state index is -1.89. The van der Waals surface area contributed by atoms with Crippen LogP contribution in [0.25, 0.3) is 0 Å². The first-order valence-electron chi connectivity index (χ1n) is 17.5. The van der Waals surface area contributed by atoms with Gasteiger partial charge in [-0.2, -0.15) is 0 Å². The van der Waals surface area contributed by atoms with Gasteiger partial charge in [-0.15, -0.1) is 0 Å². The number of phenolic OH excluding ortho intramolecular Hbond substituents is 1. The lowest BCUT2D eigenvalue weighted by Crippen LogP contribution is -2.60. The first kappa shape index (κ1) is 49.6. The van der Waals surface area contributed by atoms with Crippen LogP contribution in [0.1, 0.15) is 50.5 Å². The fourth-order valence-corrected chi connectivity index (χ4v) is 5.02. The molecule has 0 aliphatic rings. The molecular weight excluding hydrogens is 788 g/mol. The Morgan fingerprint density at radius 1 is 0.475 bits per heavy atom. The highest BCUT2D eigenvalue weighted by Crippen LogP contribution is 2.12. The Bertz CT molecular complexity index is 1770. The summed E-state index contributed by atoms with van der Waals surface area (Å²) >= 11 is 0. The third-order valence-electron chi connectivity index (χ3n) is 7.93. The number of nitrogens with one attached hydrogen (secondary N) is 6. The fraction of sp³-hybridized carbons (Fsp3) is 0.455. The highest BCUT2D eigenvalue weighted by molar-refractivity contribution is 5.99. The van der Waals surface area contributed by atoms with E-state index < -0.39 is 159 Å². The molecular formula is C33H48N12O14. The quantitative estimate of drug-likeness (QED) is 0.0391. The Kier molecular flexibility index (Phi) is 20.4. The molecule has 59 heavy (non-hydrogen) atoms. The van der Waals surface area contributed by atoms with E-state index in [4.69, 9.17) is 34.4 Å². The summed E-state index contributed by atoms with van der Waals surface area (Å²) in [6, 6.07) is -5.34. The van der Waals surface area contributed by atoms with Crippen molar-refractivity contribution in [1.82, 2.24) is 31.9 Å². The van der Waals surface area contributed by atoms with Gasteiger partial charge in [0.1, 0.15) is 42.0 Å². The molecule has 20 N–H and O–H groups in total. The van der Waals surface area contributed by atoms with E-state index in [0.717, 1.165) is 0 Å². The van der Waals surface area contributed by atoms with E-state index in [1.54, 1.807) is 0 Å². The molecule has 26 heteroatoms. The predicted octanol–water partition coefficient (Wildman–Crippen LogP) is -7.96. The van der Waals surface area contributed by atoms with E-state index in [1.807, 2.05) is 0 Å². The van der Waals surface area contributed by atoms with Gasteiger partial charge in [-0.3, -0.25) is 52.7 Å². The van der Waals surface area contributed by atoms with Crippen LogP contribution in [0.2, 0.25) is 0 Å². The van der Waals surface area contributed by atoms with Gasteiger partial charge in [-0.1, -0.05) is 12.1 Å². The van der Waals surface area contributed by atoms with Crippen LogP contribution in [0, 0.1) is 0 Å². The zero-order valence-corrected chi connectivity index (χ0v) is 31.4. The average Bonchev–Trinajstić information content (AvgIpc) is 3.13. The van der Waals surface area contributed by atoms with Crippen LogP contribution in [0.15, 0.2) is 24.3 Å². The molecule has 0 fully saturated rings. The Balaban J connectivity index is 3.40. The summed E-state index contributed by atoms with van der Waals surface area (Å²) in [5.41, 5.74) is 31.7. The zero-order valence-electron chi connectivity index (χ0n) is 31.4. The minimum Gasteiger partial charge on any atom is -0.508 e. The van der Waals surface area contributed by atoms with Gasteiger partial charge in [-0.05, 0) is 30.5 Å². The number of carbonyl (C=O) groups is 12. The van der Waals surface area contributed by atoms with E-state index in [9.17, 15) is 67.7 Å². The predicted molar refractivity (Wildman–Crippen MR) is 198 cm³/mol. The number of amides is 11. The van der Waals surface area contributed by atoms with E-state index >= 15 is 0 Å². The Labute approximate surface area is 334 Å². The summed E-state index contributed by atoms with van der Waals surface area (Å²) < 4.78 is 0. The van der Waals surface area contributed by atoms with Gasteiger partial charge in [0.25, 0.3) is 0 Å². The number of aromatic hydroxyl groups is 1. The molecule has 11 amide bonds. The minimum absolute atomic E-state index is 0.118. The van der Waals surface area contributed by atoms with Crippen LogP contribution in [0.5, 0.6) is 5.75 Å². The molecule has 0 unspecified atom stereocenters. The summed E-state index contributed by atoms with van der Waals surface area (Å²) in [6.07, 6.45) is -5.18. The Morgan fingerprint density at radius 2 is 0.797 bits per heavy atom. The Morgan fingerprint density at radius 3 is 1.12 bits per heavy atom. The third kappa shape index (κ3) is 19.4. The monoisotopic (exact) mass is 836 g/mol. The number of hydrogen-bond acceptors (Lipinski definition) is 14. The number of hydrogen-bond donors (Lipinski definition) is 14. The zero-order chi connectivity index (χ0) is 45.0. The molecule has 0 heterocycles. The molecule has 0 aliphatic heterocycles. The van der Waals surface area contributed by atoms with Crippen molar-refractivity contribution in [1.29, 1.82) is 0 Å². The number of carboxylic acids is 1. The molecule has 1 aromatic rings. The standard InChI is InChI=1S/C33H48N12O14/c34-13-27(52)40-18(10-24(37)49)30(55)44-19(11-25(38)50)31(56)42-16(5-7-22(35)47)28(53)41-17(6-8-23(36)48)29(54)43-20(12-26(39)51)32(57)45-21(33(58)59)9-14-1-3-15(46)4-2-14/h1-4,16-21,46H,5-13,34H2,(H2,35,47)(H2,36,48)(H2,37,49)(H2,38,50)(H2,39,51)(H,40,52)(H,41,53)(H,42,56)(H,43,54)(H,44,55)(H,45,57)(H,58,59)/t16-,17-,18-,19-,20-,21-/m0/s1. The van der Waals surface area contributed by atoms with Crippen molar-refractivity contribution >= 4 is 70.9 Å². The van der Waals surface area contributed by atoms with Crippen LogP contribution in [0.3, 0.4) is 0 Å². The van der Waals surface area contributed by atoms with Gasteiger partial charge >= 0.3 is 5.97 Å². The van der Waals surface area contributed by atoms with E-state index in [2.05, 4.69) is 31.9 Å². The first-order valence-corrected chi connectivity index (χ1v) is 17.5. The average molecular weight is 837 g/mol. The summed E-state index contributed by atoms with van der Waals surface area (Å²) in [7, 11) is 0. The maximum atomic E-state index is 13.6. The SMILES string of the molecule is NCC(=O)N[C@@H](CC(N)=O)C(=O)N[C@@H](CC(N)=O)C(=O)N[C@@H](CCC(N)=O)C(=O)N[C@@H](CCC(N)=O)C(=O)N[C@@H](CC(N)=O)C(=O)N[C@@H](Cc1ccc(O)cc1)C(=O)O. The number of phenols is 1. The first-order chi connectivity index (χ1) is 27.5. The van der Waals surface area contributed by atoms with Crippen molar-refractivity contribution in [3.05, 3.63) is 29.8 Å². The molecule has 0 saturated carbocycles. The van der Waals surface area contributed by atoms with Crippen LogP contribution in [-0.2, 0) is 64.0 Å². The third-order valence-corrected chi connectivity index (χ3v) is 7.93. The Hall–Kier alpha value is -7.38. The molecule has 26 nitrogen and oxygen atoms in total. The van der Waals surface area contributed by atoms with Gasteiger partial charge in [0.05, 0.1) is 25.8 Å². The lowest BCUT2D eigenvalue weighted by atomic mass is 10.0. The number of benzene rings is 1. The van der Waals surface area contributed by atoms with Crippen molar-refractivity contribution in [2.24, 2.45) is 34.4 Å². The lowest BCUT2D eigenvalue weighted by Gasteiger charge is -2.27. The number of nitrogens with two attached hydrogens (primary N) is 6. The summed E-state index contributed by atoms with van der Waals surface area (Å²) in [5.74, 6) is -14.0. The maximum Gasteiger partial charge on any atom is 0.326 e. The number of carbonyl (C=O) groups excluding carboxylic acids is 11. The van der Waals surface area contributed by atoms with Gasteiger partial charge < -0.3 is 76.5 Å². The van der Waals surface area contributed by atoms with Crippen molar-refractivity contribution in [2.75, 3.05) is 6.54 Å². The lowest BCUT2D eigenvalue weighted by molar-refractivity contribution is -0.142. The molecule has 324 valence electrons. The number of carboxylic acid groups (broad SMARTS) is 1. The molecule has 0 aliphatic carbocycles. The van der Waals surface area contributed by atoms with Crippen LogP contribution in [-0.4, -0.2) is 124 Å². The topological polar surface area (TPSA) is 474 Å². The number of aliphatic carboxylic acids is 1. The second-order valence-electron chi connectivity index (χ2n) is 12.9. The smallest absolute Gasteiger partial charge is 0.326 e. The largest absolute Gasteiger partial charge is 0.508 e. The molecule has 1 aromatic carbocycles.